The number of nitrogens with zero attached hydrogens (tertiary/aromatic N) is 3. The van der Waals surface area contributed by atoms with Gasteiger partial charge in [-0.1, -0.05) is 18.2 Å². The number of hydrogen-bond donors (Lipinski definition) is 1. The largest absolute Gasteiger partial charge is 0.494 e. The Bertz CT molecular complexity index is 772. The third-order valence-corrected chi connectivity index (χ3v) is 4.52. The number of carbonyl (C=O) groups excluding carboxylic acids is 1. The van der Waals surface area contributed by atoms with Crippen molar-refractivity contribution >= 4 is 35.8 Å². The van der Waals surface area contributed by atoms with Crippen LogP contribution in [0.25, 0.3) is 0 Å². The molecule has 0 spiro atoms. The molecule has 0 unspecified atom stereocenters. The molecule has 1 amide bonds. The third-order valence-electron chi connectivity index (χ3n) is 4.52. The molecule has 1 aromatic carbocycles. The first kappa shape index (κ1) is 22.1. The number of guanidine groups is 1. The van der Waals surface area contributed by atoms with Crippen molar-refractivity contribution in [2.75, 3.05) is 39.8 Å². The van der Waals surface area contributed by atoms with Crippen molar-refractivity contribution in [3.8, 4) is 5.75 Å². The van der Waals surface area contributed by atoms with Gasteiger partial charge in [0.05, 0.1) is 12.9 Å². The normalized spacial score (nSPS) is 14.4. The van der Waals surface area contributed by atoms with Crippen molar-refractivity contribution in [2.45, 2.75) is 13.5 Å². The molecule has 1 aromatic heterocycles. The number of carbonyl (C=O) groups is 1. The molecular weight excluding hydrogens is 471 g/mol. The SMILES string of the molecule is CCOc1ccccc1CNC(=NC)N1CCN(C(=O)c2ccco2)CC1.I. The van der Waals surface area contributed by atoms with E-state index < -0.39 is 0 Å². The summed E-state index contributed by atoms with van der Waals surface area (Å²) in [5.41, 5.74) is 1.09. The Balaban J connectivity index is 0.00000280. The molecule has 28 heavy (non-hydrogen) atoms. The van der Waals surface area contributed by atoms with E-state index in [0.717, 1.165) is 30.4 Å². The number of piperazine rings is 1. The number of furan rings is 1. The maximum absolute atomic E-state index is 12.4. The molecule has 2 aromatic rings. The smallest absolute Gasteiger partial charge is 0.289 e. The highest BCUT2D eigenvalue weighted by Crippen LogP contribution is 2.17. The summed E-state index contributed by atoms with van der Waals surface area (Å²) in [7, 11) is 1.77. The number of aliphatic imine (C=N–C) groups is 1. The van der Waals surface area contributed by atoms with Crippen LogP contribution in [0.3, 0.4) is 0 Å². The summed E-state index contributed by atoms with van der Waals surface area (Å²) in [5, 5.41) is 3.40. The highest BCUT2D eigenvalue weighted by atomic mass is 127. The average molecular weight is 498 g/mol. The van der Waals surface area contributed by atoms with Crippen LogP contribution in [0.15, 0.2) is 52.1 Å². The second kappa shape index (κ2) is 10.9. The highest BCUT2D eigenvalue weighted by Gasteiger charge is 2.25. The van der Waals surface area contributed by atoms with E-state index in [1.54, 1.807) is 19.2 Å². The van der Waals surface area contributed by atoms with Crippen LogP contribution in [0.2, 0.25) is 0 Å². The van der Waals surface area contributed by atoms with Gasteiger partial charge in [0.15, 0.2) is 11.7 Å². The van der Waals surface area contributed by atoms with Gasteiger partial charge in [0.2, 0.25) is 0 Å². The summed E-state index contributed by atoms with van der Waals surface area (Å²) >= 11 is 0. The van der Waals surface area contributed by atoms with Gasteiger partial charge in [-0.3, -0.25) is 9.79 Å². The zero-order valence-corrected chi connectivity index (χ0v) is 18.6. The van der Waals surface area contributed by atoms with Crippen LogP contribution in [0.4, 0.5) is 0 Å². The van der Waals surface area contributed by atoms with Gasteiger partial charge in [-0.15, -0.1) is 24.0 Å². The molecule has 8 heteroatoms. The highest BCUT2D eigenvalue weighted by molar-refractivity contribution is 14.0. The number of benzene rings is 1. The molecule has 0 saturated carbocycles. The fourth-order valence-electron chi connectivity index (χ4n) is 3.13. The molecule has 7 nitrogen and oxygen atoms in total. The van der Waals surface area contributed by atoms with Crippen molar-refractivity contribution in [1.29, 1.82) is 0 Å². The van der Waals surface area contributed by atoms with Crippen LogP contribution < -0.4 is 10.1 Å². The van der Waals surface area contributed by atoms with E-state index in [4.69, 9.17) is 9.15 Å². The van der Waals surface area contributed by atoms with E-state index in [0.29, 0.717) is 32.0 Å². The molecule has 0 aliphatic carbocycles. The Labute approximate surface area is 182 Å². The van der Waals surface area contributed by atoms with Crippen molar-refractivity contribution in [3.05, 3.63) is 54.0 Å². The second-order valence-electron chi connectivity index (χ2n) is 6.20. The first-order valence-electron chi connectivity index (χ1n) is 9.22. The van der Waals surface area contributed by atoms with Gasteiger partial charge in [-0.05, 0) is 25.1 Å². The van der Waals surface area contributed by atoms with Crippen molar-refractivity contribution < 1.29 is 13.9 Å². The predicted octanol–water partition coefficient (Wildman–Crippen LogP) is 2.83. The van der Waals surface area contributed by atoms with Crippen LogP contribution in [0, 0.1) is 0 Å². The fraction of sp³-hybridized carbons (Fsp3) is 0.400. The number of para-hydroxylation sites is 1. The fourth-order valence-corrected chi connectivity index (χ4v) is 3.13. The quantitative estimate of drug-likeness (QED) is 0.390. The van der Waals surface area contributed by atoms with Crippen molar-refractivity contribution in [2.24, 2.45) is 4.99 Å². The molecule has 1 fully saturated rings. The Morgan fingerprint density at radius 1 is 1.14 bits per heavy atom. The lowest BCUT2D eigenvalue weighted by Crippen LogP contribution is -2.53. The molecule has 0 atom stereocenters. The lowest BCUT2D eigenvalue weighted by molar-refractivity contribution is 0.0657. The summed E-state index contributed by atoms with van der Waals surface area (Å²) in [6, 6.07) is 11.4. The summed E-state index contributed by atoms with van der Waals surface area (Å²) in [6.07, 6.45) is 1.52. The van der Waals surface area contributed by atoms with E-state index in [1.807, 2.05) is 36.1 Å². The number of halogens is 1. The first-order valence-corrected chi connectivity index (χ1v) is 9.22. The van der Waals surface area contributed by atoms with Crippen LogP contribution in [0.1, 0.15) is 23.0 Å². The monoisotopic (exact) mass is 498 g/mol. The molecule has 1 N–H and O–H groups in total. The first-order chi connectivity index (χ1) is 13.2. The third kappa shape index (κ3) is 5.40. The van der Waals surface area contributed by atoms with Gasteiger partial charge < -0.3 is 24.3 Å². The number of nitrogens with one attached hydrogen (secondary N) is 1. The van der Waals surface area contributed by atoms with E-state index >= 15 is 0 Å². The zero-order chi connectivity index (χ0) is 19.1. The number of hydrogen-bond acceptors (Lipinski definition) is 4. The molecule has 1 aliphatic heterocycles. The minimum absolute atomic E-state index is 0. The van der Waals surface area contributed by atoms with E-state index in [2.05, 4.69) is 15.2 Å². The van der Waals surface area contributed by atoms with E-state index in [9.17, 15) is 4.79 Å². The molecule has 1 aliphatic rings. The van der Waals surface area contributed by atoms with Crippen molar-refractivity contribution in [1.82, 2.24) is 15.1 Å². The van der Waals surface area contributed by atoms with Crippen LogP contribution >= 0.6 is 24.0 Å². The maximum Gasteiger partial charge on any atom is 0.289 e. The predicted molar refractivity (Wildman–Crippen MR) is 119 cm³/mol. The summed E-state index contributed by atoms with van der Waals surface area (Å²) in [4.78, 5) is 20.7. The second-order valence-corrected chi connectivity index (χ2v) is 6.20. The van der Waals surface area contributed by atoms with Gasteiger partial charge in [0, 0.05) is 45.3 Å². The van der Waals surface area contributed by atoms with E-state index in [-0.39, 0.29) is 29.9 Å². The van der Waals surface area contributed by atoms with Crippen LogP contribution in [0.5, 0.6) is 5.75 Å². The number of ether oxygens (including phenoxy) is 1. The summed E-state index contributed by atoms with van der Waals surface area (Å²) < 4.78 is 10.9. The minimum Gasteiger partial charge on any atom is -0.494 e. The zero-order valence-electron chi connectivity index (χ0n) is 16.3. The Kier molecular flexibility index (Phi) is 8.62. The molecule has 2 heterocycles. The molecule has 0 bridgehead atoms. The van der Waals surface area contributed by atoms with Gasteiger partial charge >= 0.3 is 0 Å². The summed E-state index contributed by atoms with van der Waals surface area (Å²) in [5.74, 6) is 2.04. The van der Waals surface area contributed by atoms with Gasteiger partial charge in [-0.25, -0.2) is 0 Å². The maximum atomic E-state index is 12.4. The lowest BCUT2D eigenvalue weighted by Gasteiger charge is -2.36. The van der Waals surface area contributed by atoms with Gasteiger partial charge in [0.25, 0.3) is 5.91 Å². The van der Waals surface area contributed by atoms with Crippen LogP contribution in [-0.4, -0.2) is 61.5 Å². The molecule has 152 valence electrons. The Hall–Kier alpha value is -2.23. The number of rotatable bonds is 5. The number of amides is 1. The topological polar surface area (TPSA) is 70.3 Å². The molecule has 0 radical (unpaired) electrons. The molecular formula is C20H27IN4O3. The van der Waals surface area contributed by atoms with Crippen molar-refractivity contribution in [3.63, 3.8) is 0 Å². The minimum atomic E-state index is -0.0618. The average Bonchev–Trinajstić information content (AvgIpc) is 3.24. The Morgan fingerprint density at radius 3 is 2.50 bits per heavy atom. The van der Waals surface area contributed by atoms with Gasteiger partial charge in [-0.2, -0.15) is 0 Å². The summed E-state index contributed by atoms with van der Waals surface area (Å²) in [6.45, 7) is 5.96. The van der Waals surface area contributed by atoms with Crippen LogP contribution in [-0.2, 0) is 6.54 Å². The van der Waals surface area contributed by atoms with Gasteiger partial charge in [0.1, 0.15) is 5.75 Å². The molecule has 1 saturated heterocycles. The molecule has 3 rings (SSSR count). The lowest BCUT2D eigenvalue weighted by atomic mass is 10.2. The van der Waals surface area contributed by atoms with E-state index in [1.165, 1.54) is 6.26 Å². The Morgan fingerprint density at radius 2 is 1.86 bits per heavy atom. The standard InChI is InChI=1S/C20H26N4O3.HI/c1-3-26-17-8-5-4-7-16(17)15-22-20(21-2)24-12-10-23(11-13-24)19(25)18-9-6-14-27-18;/h4-9,14H,3,10-13,15H2,1-2H3,(H,21,22);1H.